The average molecular weight is 336 g/mol. The van der Waals surface area contributed by atoms with E-state index in [2.05, 4.69) is 10.1 Å². The molecule has 23 heavy (non-hydrogen) atoms. The predicted molar refractivity (Wildman–Crippen MR) is 88.0 cm³/mol. The minimum absolute atomic E-state index is 0.0463. The molecule has 2 N–H and O–H groups in total. The van der Waals surface area contributed by atoms with E-state index in [1.807, 2.05) is 31.2 Å². The Labute approximate surface area is 140 Å². The first-order valence-corrected chi connectivity index (χ1v) is 8.25. The molecule has 0 aliphatic heterocycles. The molecule has 0 radical (unpaired) electrons. The van der Waals surface area contributed by atoms with Crippen LogP contribution >= 0.6 is 11.6 Å². The van der Waals surface area contributed by atoms with Crippen LogP contribution in [0.2, 0.25) is 5.02 Å². The maximum Gasteiger partial charge on any atom is 0.137 e. The van der Waals surface area contributed by atoms with Crippen LogP contribution in [-0.4, -0.2) is 37.2 Å². The second-order valence-corrected chi connectivity index (χ2v) is 7.24. The van der Waals surface area contributed by atoms with Gasteiger partial charge in [-0.05, 0) is 42.9 Å². The van der Waals surface area contributed by atoms with Gasteiger partial charge in [-0.2, -0.15) is 5.10 Å². The molecule has 1 fully saturated rings. The molecular formula is C17H22ClN3O2. The summed E-state index contributed by atoms with van der Waals surface area (Å²) in [5, 5.41) is 26.2. The van der Waals surface area contributed by atoms with Gasteiger partial charge in [0, 0.05) is 10.4 Å². The number of aliphatic hydroxyl groups excluding tert-OH is 1. The Morgan fingerprint density at radius 3 is 2.70 bits per heavy atom. The van der Waals surface area contributed by atoms with Crippen LogP contribution in [0.5, 0.6) is 0 Å². The number of nitrogens with zero attached hydrogens (tertiary/aromatic N) is 3. The predicted octanol–water partition coefficient (Wildman–Crippen LogP) is 2.31. The molecule has 0 spiro atoms. The van der Waals surface area contributed by atoms with Gasteiger partial charge >= 0.3 is 0 Å². The Balaban J connectivity index is 1.87. The molecule has 3 rings (SSSR count). The fraction of sp³-hybridized carbons (Fsp3) is 0.529. The zero-order valence-electron chi connectivity index (χ0n) is 13.2. The lowest BCUT2D eigenvalue weighted by atomic mass is 9.71. The highest BCUT2D eigenvalue weighted by molar-refractivity contribution is 6.30. The molecule has 2 aromatic rings. The zero-order valence-corrected chi connectivity index (χ0v) is 13.9. The third-order valence-electron chi connectivity index (χ3n) is 5.38. The van der Waals surface area contributed by atoms with Crippen LogP contribution in [0, 0.1) is 11.3 Å². The highest BCUT2D eigenvalue weighted by Gasteiger charge is 2.56. The number of benzene rings is 1. The lowest BCUT2D eigenvalue weighted by molar-refractivity contribution is -0.116. The van der Waals surface area contributed by atoms with Gasteiger partial charge in [0.15, 0.2) is 0 Å². The molecule has 1 saturated carbocycles. The molecule has 0 amide bonds. The first kappa shape index (κ1) is 16.4. The molecule has 1 aromatic heterocycles. The first-order valence-electron chi connectivity index (χ1n) is 7.87. The molecule has 1 aromatic carbocycles. The van der Waals surface area contributed by atoms with E-state index in [1.54, 1.807) is 11.0 Å². The van der Waals surface area contributed by atoms with Crippen LogP contribution in [-0.2, 0) is 13.0 Å². The topological polar surface area (TPSA) is 71.2 Å². The summed E-state index contributed by atoms with van der Waals surface area (Å²) in [7, 11) is 0. The van der Waals surface area contributed by atoms with Crippen LogP contribution in [0.3, 0.4) is 0 Å². The van der Waals surface area contributed by atoms with Crippen molar-refractivity contribution >= 4 is 11.6 Å². The van der Waals surface area contributed by atoms with Gasteiger partial charge in [0.1, 0.15) is 12.7 Å². The fourth-order valence-corrected chi connectivity index (χ4v) is 3.84. The van der Waals surface area contributed by atoms with Crippen molar-refractivity contribution in [2.24, 2.45) is 11.3 Å². The second kappa shape index (κ2) is 6.23. The van der Waals surface area contributed by atoms with Gasteiger partial charge in [-0.25, -0.2) is 4.98 Å². The van der Waals surface area contributed by atoms with Gasteiger partial charge in [-0.1, -0.05) is 30.7 Å². The highest BCUT2D eigenvalue weighted by atomic mass is 35.5. The number of hydrogen-bond acceptors (Lipinski definition) is 4. The maximum atomic E-state index is 11.5. The zero-order chi connectivity index (χ0) is 16.5. The van der Waals surface area contributed by atoms with E-state index < -0.39 is 11.0 Å². The summed E-state index contributed by atoms with van der Waals surface area (Å²) in [6, 6.07) is 7.72. The third kappa shape index (κ3) is 3.01. The van der Waals surface area contributed by atoms with Crippen molar-refractivity contribution in [3.8, 4) is 0 Å². The van der Waals surface area contributed by atoms with E-state index in [9.17, 15) is 10.2 Å². The lowest BCUT2D eigenvalue weighted by Gasteiger charge is -2.42. The van der Waals surface area contributed by atoms with Gasteiger partial charge in [0.25, 0.3) is 0 Å². The molecule has 1 aliphatic rings. The highest BCUT2D eigenvalue weighted by Crippen LogP contribution is 2.51. The average Bonchev–Trinajstić information content (AvgIpc) is 3.12. The largest absolute Gasteiger partial charge is 0.396 e. The number of halogens is 1. The van der Waals surface area contributed by atoms with E-state index in [0.29, 0.717) is 11.6 Å². The Bertz CT molecular complexity index is 646. The monoisotopic (exact) mass is 335 g/mol. The van der Waals surface area contributed by atoms with Gasteiger partial charge in [0.2, 0.25) is 0 Å². The molecule has 1 aliphatic carbocycles. The molecule has 0 bridgehead atoms. The van der Waals surface area contributed by atoms with E-state index in [4.69, 9.17) is 11.6 Å². The second-order valence-electron chi connectivity index (χ2n) is 6.80. The summed E-state index contributed by atoms with van der Waals surface area (Å²) < 4.78 is 1.65. The molecule has 5 nitrogen and oxygen atoms in total. The first-order chi connectivity index (χ1) is 11.0. The summed E-state index contributed by atoms with van der Waals surface area (Å²) in [4.78, 5) is 3.95. The lowest BCUT2D eigenvalue weighted by Crippen LogP contribution is -2.52. The van der Waals surface area contributed by atoms with Crippen LogP contribution in [0.1, 0.15) is 25.3 Å². The van der Waals surface area contributed by atoms with Crippen molar-refractivity contribution in [2.75, 3.05) is 6.61 Å². The maximum absolute atomic E-state index is 11.5. The van der Waals surface area contributed by atoms with Gasteiger partial charge in [-0.3, -0.25) is 4.68 Å². The van der Waals surface area contributed by atoms with Crippen molar-refractivity contribution < 1.29 is 10.2 Å². The van der Waals surface area contributed by atoms with Gasteiger partial charge in [0.05, 0.1) is 18.8 Å². The standard InChI is InChI=1S/C17H22ClN3O2/c1-16(10-22)7-6-14(8-13-2-4-15(18)5-3-13)17(16,23)9-21-12-19-11-20-21/h2-5,11-12,14,22-23H,6-10H2,1H3/t14-,16+,17+/m0/s1. The molecular weight excluding hydrogens is 314 g/mol. The van der Waals surface area contributed by atoms with Crippen molar-refractivity contribution in [2.45, 2.75) is 38.3 Å². The van der Waals surface area contributed by atoms with Gasteiger partial charge < -0.3 is 10.2 Å². The number of aliphatic hydroxyl groups is 2. The van der Waals surface area contributed by atoms with E-state index in [0.717, 1.165) is 24.8 Å². The van der Waals surface area contributed by atoms with Crippen LogP contribution in [0.4, 0.5) is 0 Å². The summed E-state index contributed by atoms with van der Waals surface area (Å²) in [5.41, 5.74) is -0.441. The molecule has 1 heterocycles. The Morgan fingerprint density at radius 2 is 2.09 bits per heavy atom. The van der Waals surface area contributed by atoms with Crippen molar-refractivity contribution in [1.29, 1.82) is 0 Å². The van der Waals surface area contributed by atoms with E-state index in [1.165, 1.54) is 6.33 Å². The fourth-order valence-electron chi connectivity index (χ4n) is 3.71. The van der Waals surface area contributed by atoms with Crippen molar-refractivity contribution in [1.82, 2.24) is 14.8 Å². The number of hydrogen-bond donors (Lipinski definition) is 2. The minimum atomic E-state index is -1.03. The molecule has 3 atom stereocenters. The summed E-state index contributed by atoms with van der Waals surface area (Å²) >= 11 is 5.95. The minimum Gasteiger partial charge on any atom is -0.396 e. The van der Waals surface area contributed by atoms with Crippen LogP contribution < -0.4 is 0 Å². The Morgan fingerprint density at radius 1 is 1.35 bits per heavy atom. The van der Waals surface area contributed by atoms with E-state index >= 15 is 0 Å². The molecule has 0 unspecified atom stereocenters. The summed E-state index contributed by atoms with van der Waals surface area (Å²) in [5.74, 6) is 0.0463. The SMILES string of the molecule is C[C@]1(CO)CC[C@@H](Cc2ccc(Cl)cc2)[C@]1(O)Cn1cncn1. The molecule has 124 valence electrons. The summed E-state index contributed by atoms with van der Waals surface area (Å²) in [6.07, 6.45) is 5.46. The van der Waals surface area contributed by atoms with Crippen molar-refractivity contribution in [3.05, 3.63) is 47.5 Å². The van der Waals surface area contributed by atoms with Crippen LogP contribution in [0.15, 0.2) is 36.9 Å². The van der Waals surface area contributed by atoms with Gasteiger partial charge in [-0.15, -0.1) is 0 Å². The molecule has 6 heteroatoms. The number of rotatable bonds is 5. The number of aromatic nitrogens is 3. The van der Waals surface area contributed by atoms with Crippen LogP contribution in [0.25, 0.3) is 0 Å². The smallest absolute Gasteiger partial charge is 0.137 e. The normalized spacial score (nSPS) is 30.7. The molecule has 0 saturated heterocycles. The van der Waals surface area contributed by atoms with Crippen molar-refractivity contribution in [3.63, 3.8) is 0 Å². The third-order valence-corrected chi connectivity index (χ3v) is 5.63. The van der Waals surface area contributed by atoms with E-state index in [-0.39, 0.29) is 12.5 Å². The Kier molecular flexibility index (Phi) is 4.45. The quantitative estimate of drug-likeness (QED) is 0.879. The Hall–Kier alpha value is -1.43. The summed E-state index contributed by atoms with van der Waals surface area (Å²) in [6.45, 7) is 2.24.